The van der Waals surface area contributed by atoms with Gasteiger partial charge in [0.05, 0.1) is 38.0 Å². The predicted octanol–water partition coefficient (Wildman–Crippen LogP) is 4.05. The molecular weight excluding hydrogens is 640 g/mol. The third-order valence-corrected chi connectivity index (χ3v) is 9.75. The van der Waals surface area contributed by atoms with Crippen LogP contribution in [0.5, 0.6) is 0 Å². The van der Waals surface area contributed by atoms with Crippen LogP contribution >= 0.6 is 0 Å². The fourth-order valence-electron chi connectivity index (χ4n) is 6.39. The lowest BCUT2D eigenvalue weighted by atomic mass is 9.94. The summed E-state index contributed by atoms with van der Waals surface area (Å²) in [5.41, 5.74) is 1.66. The van der Waals surface area contributed by atoms with Crippen LogP contribution in [0.1, 0.15) is 89.2 Å². The maximum Gasteiger partial charge on any atom is 0.315 e. The lowest BCUT2D eigenvalue weighted by Crippen LogP contribution is -2.63. The Balaban J connectivity index is 1.28. The lowest BCUT2D eigenvalue weighted by Gasteiger charge is -2.43. The highest BCUT2D eigenvalue weighted by molar-refractivity contribution is 6.00. The van der Waals surface area contributed by atoms with E-state index < -0.39 is 60.9 Å². The van der Waals surface area contributed by atoms with Crippen molar-refractivity contribution in [1.29, 1.82) is 0 Å². The first-order chi connectivity index (χ1) is 24.0. The number of carbonyl (C=O) groups excluding carboxylic acids is 6. The number of carbonyl (C=O) groups is 6. The van der Waals surface area contributed by atoms with Crippen LogP contribution in [-0.4, -0.2) is 107 Å². The summed E-state index contributed by atoms with van der Waals surface area (Å²) in [5, 5.41) is 0. The zero-order valence-electron chi connectivity index (χ0n) is 29.6. The van der Waals surface area contributed by atoms with Crippen molar-refractivity contribution < 1.29 is 38.2 Å². The van der Waals surface area contributed by atoms with E-state index in [2.05, 4.69) is 0 Å². The molecule has 4 rings (SSSR count). The van der Waals surface area contributed by atoms with Crippen molar-refractivity contribution in [2.75, 3.05) is 39.6 Å². The summed E-state index contributed by atoms with van der Waals surface area (Å²) in [6, 6.07) is 17.9. The van der Waals surface area contributed by atoms with Crippen LogP contribution in [0.2, 0.25) is 0 Å². The summed E-state index contributed by atoms with van der Waals surface area (Å²) in [5.74, 6) is -3.92. The Morgan fingerprint density at radius 2 is 0.900 bits per heavy atom. The average molecular weight is 691 g/mol. The van der Waals surface area contributed by atoms with Gasteiger partial charge >= 0.3 is 11.9 Å². The first-order valence-electron chi connectivity index (χ1n) is 17.6. The number of nitrogens with zero attached hydrogens (tertiary/aromatic N) is 4. The minimum absolute atomic E-state index is 0.0921. The monoisotopic (exact) mass is 690 g/mol. The Morgan fingerprint density at radius 3 is 1.20 bits per heavy atom. The van der Waals surface area contributed by atoms with E-state index in [1.54, 1.807) is 9.80 Å². The van der Waals surface area contributed by atoms with Gasteiger partial charge < -0.3 is 9.47 Å². The second-order valence-corrected chi connectivity index (χ2v) is 13.1. The van der Waals surface area contributed by atoms with Crippen molar-refractivity contribution in [3.05, 3.63) is 71.8 Å². The van der Waals surface area contributed by atoms with Crippen LogP contribution in [0.15, 0.2) is 60.7 Å². The topological polar surface area (TPSA) is 134 Å². The van der Waals surface area contributed by atoms with Gasteiger partial charge in [0.15, 0.2) is 13.5 Å². The molecule has 0 saturated carbocycles. The largest absolute Gasteiger partial charge is 0.443 e. The fourth-order valence-corrected chi connectivity index (χ4v) is 6.39. The molecule has 0 radical (unpaired) electrons. The van der Waals surface area contributed by atoms with Gasteiger partial charge in [-0.3, -0.25) is 38.6 Å². The molecule has 50 heavy (non-hydrogen) atoms. The van der Waals surface area contributed by atoms with Gasteiger partial charge in [-0.25, -0.2) is 9.80 Å². The van der Waals surface area contributed by atoms with E-state index >= 15 is 0 Å². The molecule has 2 aliphatic heterocycles. The van der Waals surface area contributed by atoms with E-state index in [0.29, 0.717) is 12.8 Å². The number of hydrogen-bond donors (Lipinski definition) is 0. The van der Waals surface area contributed by atoms with E-state index in [-0.39, 0.29) is 38.3 Å². The molecule has 2 aromatic carbocycles. The van der Waals surface area contributed by atoms with E-state index in [1.165, 1.54) is 0 Å². The molecule has 4 unspecified atom stereocenters. The first kappa shape index (κ1) is 38.4. The quantitative estimate of drug-likeness (QED) is 0.177. The third-order valence-electron chi connectivity index (χ3n) is 9.75. The van der Waals surface area contributed by atoms with Crippen LogP contribution in [0.4, 0.5) is 0 Å². The van der Waals surface area contributed by atoms with Gasteiger partial charge in [-0.1, -0.05) is 100 Å². The summed E-state index contributed by atoms with van der Waals surface area (Å²) in [6.07, 6.45) is 4.68. The van der Waals surface area contributed by atoms with Gasteiger partial charge in [-0.05, 0) is 37.8 Å². The zero-order valence-corrected chi connectivity index (χ0v) is 29.6. The van der Waals surface area contributed by atoms with Gasteiger partial charge in [0, 0.05) is 12.1 Å². The molecular formula is C38H50N4O8. The Kier molecular flexibility index (Phi) is 14.2. The van der Waals surface area contributed by atoms with Gasteiger partial charge in [-0.15, -0.1) is 0 Å². The number of amides is 4. The summed E-state index contributed by atoms with van der Waals surface area (Å²) >= 11 is 0. The van der Waals surface area contributed by atoms with Gasteiger partial charge in [-0.2, -0.15) is 0 Å². The van der Waals surface area contributed by atoms with Gasteiger partial charge in [0.2, 0.25) is 23.6 Å². The standard InChI is InChI=1S/C38H50N4O8/c1-5-7-19-31(29-15-11-9-12-16-29)37(47)49-25-41-33(43)21-39(22-34(41)44)27(3)28(4)40-23-35(45)42(36(46)24-40)26-50-38(48)32(20-8-6-2)30-17-13-10-14-18-30/h9-18,27-28,31-32H,5-8,19-26H2,1-4H3. The zero-order chi connectivity index (χ0) is 36.2. The molecule has 2 saturated heterocycles. The van der Waals surface area contributed by atoms with Crippen LogP contribution < -0.4 is 0 Å². The van der Waals surface area contributed by atoms with Crippen LogP contribution in [0.25, 0.3) is 0 Å². The summed E-state index contributed by atoms with van der Waals surface area (Å²) < 4.78 is 11.0. The van der Waals surface area contributed by atoms with Crippen LogP contribution in [0.3, 0.4) is 0 Å². The highest BCUT2D eigenvalue weighted by atomic mass is 16.6. The number of unbranched alkanes of at least 4 members (excludes halogenated alkanes) is 2. The fraction of sp³-hybridized carbons (Fsp3) is 0.526. The highest BCUT2D eigenvalue weighted by Crippen LogP contribution is 2.26. The molecule has 12 nitrogen and oxygen atoms in total. The average Bonchev–Trinajstić information content (AvgIpc) is 3.11. The summed E-state index contributed by atoms with van der Waals surface area (Å²) in [4.78, 5) is 83.9. The molecule has 0 N–H and O–H groups in total. The first-order valence-corrected chi connectivity index (χ1v) is 17.6. The molecule has 4 atom stereocenters. The normalized spacial score (nSPS) is 18.5. The number of ether oxygens (including phenoxy) is 2. The smallest absolute Gasteiger partial charge is 0.315 e. The number of esters is 2. The minimum atomic E-state index is -0.496. The SMILES string of the molecule is CCCCC(C(=O)OCN1C(=O)CN(C(C)C(C)N2CC(=O)N(COC(=O)C(CCCC)c3ccccc3)C(=O)C2)CC1=O)c1ccccc1. The van der Waals surface area contributed by atoms with Crippen molar-refractivity contribution in [1.82, 2.24) is 19.6 Å². The molecule has 0 aliphatic carbocycles. The maximum absolute atomic E-state index is 13.1. The minimum Gasteiger partial charge on any atom is -0.443 e. The van der Waals surface area contributed by atoms with Crippen LogP contribution in [-0.2, 0) is 38.2 Å². The Morgan fingerprint density at radius 1 is 0.580 bits per heavy atom. The van der Waals surface area contributed by atoms with Gasteiger partial charge in [0.1, 0.15) is 0 Å². The molecule has 0 aromatic heterocycles. The second kappa shape index (κ2) is 18.5. The number of imide groups is 2. The number of benzene rings is 2. The maximum atomic E-state index is 13.1. The molecule has 0 spiro atoms. The number of piperazine rings is 2. The Labute approximate surface area is 294 Å². The molecule has 2 aliphatic rings. The van der Waals surface area contributed by atoms with E-state index in [9.17, 15) is 28.8 Å². The Hall–Kier alpha value is -4.42. The molecule has 0 bridgehead atoms. The van der Waals surface area contributed by atoms with Crippen molar-refractivity contribution in [3.63, 3.8) is 0 Å². The van der Waals surface area contributed by atoms with E-state index in [1.807, 2.05) is 88.4 Å². The van der Waals surface area contributed by atoms with Gasteiger partial charge in [0.25, 0.3) is 0 Å². The van der Waals surface area contributed by atoms with Crippen molar-refractivity contribution in [3.8, 4) is 0 Å². The predicted molar refractivity (Wildman–Crippen MR) is 185 cm³/mol. The Bertz CT molecular complexity index is 1340. The van der Waals surface area contributed by atoms with Crippen molar-refractivity contribution in [2.45, 2.75) is 90.1 Å². The van der Waals surface area contributed by atoms with E-state index in [0.717, 1.165) is 46.6 Å². The van der Waals surface area contributed by atoms with E-state index in [4.69, 9.17) is 9.47 Å². The summed E-state index contributed by atoms with van der Waals surface area (Å²) in [6.45, 7) is 6.47. The number of hydrogen-bond acceptors (Lipinski definition) is 10. The molecule has 2 heterocycles. The van der Waals surface area contributed by atoms with Crippen LogP contribution in [0, 0.1) is 0 Å². The highest BCUT2D eigenvalue weighted by Gasteiger charge is 2.40. The molecule has 2 fully saturated rings. The third kappa shape index (κ3) is 9.85. The van der Waals surface area contributed by atoms with Crippen molar-refractivity contribution >= 4 is 35.6 Å². The molecule has 12 heteroatoms. The summed E-state index contributed by atoms with van der Waals surface area (Å²) in [7, 11) is 0. The molecule has 2 aromatic rings. The molecule has 4 amide bonds. The number of rotatable bonds is 17. The lowest BCUT2D eigenvalue weighted by molar-refractivity contribution is -0.169. The van der Waals surface area contributed by atoms with Crippen molar-refractivity contribution in [2.24, 2.45) is 0 Å². The second-order valence-electron chi connectivity index (χ2n) is 13.1. The molecule has 270 valence electrons.